The van der Waals surface area contributed by atoms with E-state index in [0.29, 0.717) is 0 Å². The van der Waals surface area contributed by atoms with Crippen molar-refractivity contribution in [2.75, 3.05) is 40.9 Å². The molecular weight excluding hydrogens is 240 g/mol. The Kier molecular flexibility index (Phi) is 6.67. The zero-order valence-electron chi connectivity index (χ0n) is 12.5. The highest BCUT2D eigenvalue weighted by Gasteiger charge is 2.11. The second kappa shape index (κ2) is 8.02. The second-order valence-corrected chi connectivity index (χ2v) is 4.78. The summed E-state index contributed by atoms with van der Waals surface area (Å²) < 4.78 is 10.8. The van der Waals surface area contributed by atoms with Gasteiger partial charge in [-0.3, -0.25) is 0 Å². The number of rotatable bonds is 8. The Morgan fingerprint density at radius 3 is 2.47 bits per heavy atom. The number of ether oxygens (including phenoxy) is 2. The largest absolute Gasteiger partial charge is 0.496 e. The molecule has 0 saturated carbocycles. The second-order valence-electron chi connectivity index (χ2n) is 4.78. The molecule has 0 aliphatic carbocycles. The fourth-order valence-corrected chi connectivity index (χ4v) is 2.22. The van der Waals surface area contributed by atoms with Crippen LogP contribution in [0.5, 0.6) is 11.5 Å². The minimum atomic E-state index is 0.745. The highest BCUT2D eigenvalue weighted by atomic mass is 16.5. The normalized spacial score (nSPS) is 10.8. The molecule has 1 aromatic carbocycles. The number of nitrogens with two attached hydrogens (primary N) is 1. The summed E-state index contributed by atoms with van der Waals surface area (Å²) in [6.07, 6.45) is 2.00. The molecule has 19 heavy (non-hydrogen) atoms. The Balaban J connectivity index is 2.70. The SMILES string of the molecule is COc1ccc(CCN(C)CCCN)c(OC)c1C. The molecule has 4 nitrogen and oxygen atoms in total. The maximum absolute atomic E-state index is 5.52. The van der Waals surface area contributed by atoms with E-state index in [2.05, 4.69) is 18.0 Å². The zero-order chi connectivity index (χ0) is 14.3. The van der Waals surface area contributed by atoms with Crippen molar-refractivity contribution in [2.24, 2.45) is 5.73 Å². The molecule has 0 saturated heterocycles. The van der Waals surface area contributed by atoms with Gasteiger partial charge in [0.1, 0.15) is 11.5 Å². The summed E-state index contributed by atoms with van der Waals surface area (Å²) in [5.41, 5.74) is 7.81. The van der Waals surface area contributed by atoms with Crippen LogP contribution < -0.4 is 15.2 Å². The Morgan fingerprint density at radius 1 is 1.16 bits per heavy atom. The Labute approximate surface area is 116 Å². The van der Waals surface area contributed by atoms with E-state index < -0.39 is 0 Å². The van der Waals surface area contributed by atoms with Gasteiger partial charge in [-0.05, 0) is 51.5 Å². The van der Waals surface area contributed by atoms with Crippen molar-refractivity contribution in [3.05, 3.63) is 23.3 Å². The molecule has 4 heteroatoms. The molecule has 0 aliphatic heterocycles. The Bertz CT molecular complexity index is 394. The van der Waals surface area contributed by atoms with Gasteiger partial charge in [0, 0.05) is 12.1 Å². The van der Waals surface area contributed by atoms with Crippen molar-refractivity contribution in [3.8, 4) is 11.5 Å². The minimum absolute atomic E-state index is 0.745. The standard InChI is InChI=1S/C15H26N2O2/c1-12-14(18-3)7-6-13(15(12)19-4)8-11-17(2)10-5-9-16/h6-7H,5,8-11,16H2,1-4H3. The van der Waals surface area contributed by atoms with Gasteiger partial charge in [-0.15, -0.1) is 0 Å². The third kappa shape index (κ3) is 4.40. The van der Waals surface area contributed by atoms with E-state index in [1.165, 1.54) is 5.56 Å². The molecule has 0 radical (unpaired) electrons. The van der Waals surface area contributed by atoms with Gasteiger partial charge in [0.25, 0.3) is 0 Å². The van der Waals surface area contributed by atoms with Gasteiger partial charge in [-0.25, -0.2) is 0 Å². The highest BCUT2D eigenvalue weighted by Crippen LogP contribution is 2.31. The summed E-state index contributed by atoms with van der Waals surface area (Å²) in [7, 11) is 5.52. The third-order valence-electron chi connectivity index (χ3n) is 3.37. The lowest BCUT2D eigenvalue weighted by Gasteiger charge is -2.18. The molecule has 0 aliphatic rings. The molecule has 0 heterocycles. The van der Waals surface area contributed by atoms with Gasteiger partial charge in [0.05, 0.1) is 14.2 Å². The van der Waals surface area contributed by atoms with E-state index in [1.54, 1.807) is 14.2 Å². The van der Waals surface area contributed by atoms with Crippen LogP contribution in [0.2, 0.25) is 0 Å². The number of methoxy groups -OCH3 is 2. The first-order valence-electron chi connectivity index (χ1n) is 6.73. The lowest BCUT2D eigenvalue weighted by Crippen LogP contribution is -2.24. The highest BCUT2D eigenvalue weighted by molar-refractivity contribution is 5.49. The molecular formula is C15H26N2O2. The molecule has 0 atom stereocenters. The Morgan fingerprint density at radius 2 is 1.89 bits per heavy atom. The van der Waals surface area contributed by atoms with Gasteiger partial charge >= 0.3 is 0 Å². The fraction of sp³-hybridized carbons (Fsp3) is 0.600. The van der Waals surface area contributed by atoms with Crippen LogP contribution in [0, 0.1) is 6.92 Å². The molecule has 0 unspecified atom stereocenters. The van der Waals surface area contributed by atoms with Crippen molar-refractivity contribution in [1.82, 2.24) is 4.90 Å². The van der Waals surface area contributed by atoms with Gasteiger partial charge in [-0.1, -0.05) is 6.07 Å². The molecule has 0 fully saturated rings. The lowest BCUT2D eigenvalue weighted by atomic mass is 10.1. The summed E-state index contributed by atoms with van der Waals surface area (Å²) in [5, 5.41) is 0. The number of nitrogens with zero attached hydrogens (tertiary/aromatic N) is 1. The van der Waals surface area contributed by atoms with E-state index in [9.17, 15) is 0 Å². The van der Waals surface area contributed by atoms with E-state index in [4.69, 9.17) is 15.2 Å². The number of hydrogen-bond donors (Lipinski definition) is 1. The van der Waals surface area contributed by atoms with Gasteiger partial charge in [-0.2, -0.15) is 0 Å². The van der Waals surface area contributed by atoms with Gasteiger partial charge < -0.3 is 20.1 Å². The summed E-state index contributed by atoms with van der Waals surface area (Å²) in [4.78, 5) is 2.30. The van der Waals surface area contributed by atoms with Crippen LogP contribution in [0.3, 0.4) is 0 Å². The fourth-order valence-electron chi connectivity index (χ4n) is 2.22. The van der Waals surface area contributed by atoms with E-state index >= 15 is 0 Å². The van der Waals surface area contributed by atoms with Gasteiger partial charge in [0.2, 0.25) is 0 Å². The van der Waals surface area contributed by atoms with Crippen LogP contribution in [-0.4, -0.2) is 45.8 Å². The van der Waals surface area contributed by atoms with Crippen LogP contribution in [-0.2, 0) is 6.42 Å². The van der Waals surface area contributed by atoms with Gasteiger partial charge in [0.15, 0.2) is 0 Å². The topological polar surface area (TPSA) is 47.7 Å². The number of hydrogen-bond acceptors (Lipinski definition) is 4. The van der Waals surface area contributed by atoms with Crippen molar-refractivity contribution >= 4 is 0 Å². The average molecular weight is 266 g/mol. The molecule has 2 N–H and O–H groups in total. The molecule has 0 spiro atoms. The van der Waals surface area contributed by atoms with Crippen molar-refractivity contribution < 1.29 is 9.47 Å². The summed E-state index contributed by atoms with van der Waals surface area (Å²) in [6, 6.07) is 4.09. The predicted octanol–water partition coefficient (Wildman–Crippen LogP) is 1.84. The molecule has 108 valence electrons. The molecule has 0 aromatic heterocycles. The first-order chi connectivity index (χ1) is 9.13. The van der Waals surface area contributed by atoms with Crippen LogP contribution in [0.25, 0.3) is 0 Å². The van der Waals surface area contributed by atoms with E-state index in [0.717, 1.165) is 49.5 Å². The number of benzene rings is 1. The zero-order valence-corrected chi connectivity index (χ0v) is 12.5. The smallest absolute Gasteiger partial charge is 0.128 e. The van der Waals surface area contributed by atoms with E-state index in [1.807, 2.05) is 13.0 Å². The number of likely N-dealkylation sites (N-methyl/N-ethyl adjacent to an activating group) is 1. The molecule has 0 amide bonds. The minimum Gasteiger partial charge on any atom is -0.496 e. The van der Waals surface area contributed by atoms with Crippen LogP contribution >= 0.6 is 0 Å². The molecule has 1 rings (SSSR count). The quantitative estimate of drug-likeness (QED) is 0.780. The lowest BCUT2D eigenvalue weighted by molar-refractivity contribution is 0.331. The third-order valence-corrected chi connectivity index (χ3v) is 3.37. The summed E-state index contributed by atoms with van der Waals surface area (Å²) in [6.45, 7) is 4.81. The molecule has 0 bridgehead atoms. The average Bonchev–Trinajstić information content (AvgIpc) is 2.42. The van der Waals surface area contributed by atoms with Crippen LogP contribution in [0.1, 0.15) is 17.5 Å². The maximum Gasteiger partial charge on any atom is 0.128 e. The van der Waals surface area contributed by atoms with E-state index in [-0.39, 0.29) is 0 Å². The maximum atomic E-state index is 5.52. The Hall–Kier alpha value is -1.26. The summed E-state index contributed by atoms with van der Waals surface area (Å²) >= 11 is 0. The monoisotopic (exact) mass is 266 g/mol. The van der Waals surface area contributed by atoms with Crippen LogP contribution in [0.15, 0.2) is 12.1 Å². The van der Waals surface area contributed by atoms with Crippen LogP contribution in [0.4, 0.5) is 0 Å². The van der Waals surface area contributed by atoms with Crippen molar-refractivity contribution in [2.45, 2.75) is 19.8 Å². The van der Waals surface area contributed by atoms with Crippen molar-refractivity contribution in [3.63, 3.8) is 0 Å². The first kappa shape index (κ1) is 15.8. The molecule has 1 aromatic rings. The van der Waals surface area contributed by atoms with Crippen molar-refractivity contribution in [1.29, 1.82) is 0 Å². The predicted molar refractivity (Wildman–Crippen MR) is 79.2 cm³/mol. The summed E-state index contributed by atoms with van der Waals surface area (Å²) in [5.74, 6) is 1.81. The first-order valence-corrected chi connectivity index (χ1v) is 6.73.